The molecule has 0 unspecified atom stereocenters. The SMILES string of the molecule is C[C@@H]1C[C@H](NC(=O)c2ccc(-c3ccccc3)cc2)CCN1S(=O)(=O)CCCN. The number of benzene rings is 2. The maximum atomic E-state index is 12.6. The van der Waals surface area contributed by atoms with Gasteiger partial charge in [-0.25, -0.2) is 8.42 Å². The van der Waals surface area contributed by atoms with E-state index in [4.69, 9.17) is 5.73 Å². The second-order valence-corrected chi connectivity index (χ2v) is 9.60. The highest BCUT2D eigenvalue weighted by molar-refractivity contribution is 7.89. The lowest BCUT2D eigenvalue weighted by Gasteiger charge is -2.37. The molecule has 0 saturated carbocycles. The molecule has 0 bridgehead atoms. The predicted molar refractivity (Wildman–Crippen MR) is 116 cm³/mol. The van der Waals surface area contributed by atoms with Gasteiger partial charge >= 0.3 is 0 Å². The Morgan fingerprint density at radius 1 is 1.10 bits per heavy atom. The van der Waals surface area contributed by atoms with Gasteiger partial charge in [-0.1, -0.05) is 42.5 Å². The van der Waals surface area contributed by atoms with Crippen molar-refractivity contribution in [2.24, 2.45) is 5.73 Å². The molecule has 1 aliphatic heterocycles. The molecule has 7 heteroatoms. The number of carbonyl (C=O) groups excluding carboxylic acids is 1. The lowest BCUT2D eigenvalue weighted by molar-refractivity contribution is 0.0914. The van der Waals surface area contributed by atoms with E-state index < -0.39 is 10.0 Å². The van der Waals surface area contributed by atoms with E-state index in [0.717, 1.165) is 11.1 Å². The number of carbonyl (C=O) groups is 1. The average molecular weight is 416 g/mol. The van der Waals surface area contributed by atoms with Gasteiger partial charge in [-0.3, -0.25) is 4.79 Å². The zero-order chi connectivity index (χ0) is 20.9. The van der Waals surface area contributed by atoms with Crippen molar-refractivity contribution in [3.63, 3.8) is 0 Å². The Hall–Kier alpha value is -2.22. The first-order valence-electron chi connectivity index (χ1n) is 10.1. The Kier molecular flexibility index (Phi) is 7.05. The van der Waals surface area contributed by atoms with Crippen molar-refractivity contribution in [1.82, 2.24) is 9.62 Å². The third kappa shape index (κ3) is 5.44. The number of amides is 1. The quantitative estimate of drug-likeness (QED) is 0.727. The molecule has 29 heavy (non-hydrogen) atoms. The summed E-state index contributed by atoms with van der Waals surface area (Å²) in [4.78, 5) is 12.6. The summed E-state index contributed by atoms with van der Waals surface area (Å²) in [6.45, 7) is 2.68. The van der Waals surface area contributed by atoms with Gasteiger partial charge in [0, 0.05) is 24.2 Å². The van der Waals surface area contributed by atoms with E-state index in [9.17, 15) is 13.2 Å². The van der Waals surface area contributed by atoms with Crippen molar-refractivity contribution in [3.05, 3.63) is 60.2 Å². The Labute approximate surface area is 173 Å². The predicted octanol–water partition coefficient (Wildman–Crippen LogP) is 2.61. The summed E-state index contributed by atoms with van der Waals surface area (Å²) in [6, 6.07) is 17.4. The van der Waals surface area contributed by atoms with Crippen LogP contribution in [0.25, 0.3) is 11.1 Å². The number of nitrogens with zero attached hydrogens (tertiary/aromatic N) is 1. The average Bonchev–Trinajstić information content (AvgIpc) is 2.73. The molecular weight excluding hydrogens is 386 g/mol. The summed E-state index contributed by atoms with van der Waals surface area (Å²) >= 11 is 0. The molecule has 1 amide bonds. The van der Waals surface area contributed by atoms with Gasteiger partial charge in [0.05, 0.1) is 5.75 Å². The summed E-state index contributed by atoms with van der Waals surface area (Å²) < 4.78 is 26.4. The molecule has 0 spiro atoms. The minimum atomic E-state index is -3.29. The Bertz CT molecular complexity index is 914. The molecule has 6 nitrogen and oxygen atoms in total. The molecule has 0 aromatic heterocycles. The van der Waals surface area contributed by atoms with Crippen LogP contribution in [0.15, 0.2) is 54.6 Å². The minimum absolute atomic E-state index is 0.0349. The first kappa shape index (κ1) is 21.5. The number of hydrogen-bond acceptors (Lipinski definition) is 4. The molecule has 1 aliphatic rings. The fourth-order valence-electron chi connectivity index (χ4n) is 3.79. The topological polar surface area (TPSA) is 92.5 Å². The highest BCUT2D eigenvalue weighted by Crippen LogP contribution is 2.23. The zero-order valence-corrected chi connectivity index (χ0v) is 17.6. The molecule has 1 fully saturated rings. The maximum Gasteiger partial charge on any atom is 0.251 e. The molecule has 3 rings (SSSR count). The van der Waals surface area contributed by atoms with E-state index in [1.807, 2.05) is 61.5 Å². The van der Waals surface area contributed by atoms with Gasteiger partial charge in [0.2, 0.25) is 10.0 Å². The largest absolute Gasteiger partial charge is 0.349 e. The summed E-state index contributed by atoms with van der Waals surface area (Å²) in [5.41, 5.74) is 8.22. The van der Waals surface area contributed by atoms with Crippen molar-refractivity contribution in [3.8, 4) is 11.1 Å². The standard InChI is InChI=1S/C22H29N3O3S/c1-17-16-21(12-14-25(17)29(27,28)15-5-13-23)24-22(26)20-10-8-19(9-11-20)18-6-3-2-4-7-18/h2-4,6-11,17,21H,5,12-16,23H2,1H3,(H,24,26)/t17-,21-/m1/s1. The van der Waals surface area contributed by atoms with E-state index in [1.54, 1.807) is 4.31 Å². The van der Waals surface area contributed by atoms with E-state index in [1.165, 1.54) is 0 Å². The van der Waals surface area contributed by atoms with Gasteiger partial charge < -0.3 is 11.1 Å². The first-order valence-corrected chi connectivity index (χ1v) is 11.7. The number of sulfonamides is 1. The van der Waals surface area contributed by atoms with Gasteiger partial charge in [-0.05, 0) is 56.0 Å². The van der Waals surface area contributed by atoms with Gasteiger partial charge in [-0.15, -0.1) is 0 Å². The second kappa shape index (κ2) is 9.52. The van der Waals surface area contributed by atoms with Gasteiger partial charge in [0.15, 0.2) is 0 Å². The monoisotopic (exact) mass is 415 g/mol. The normalized spacial score (nSPS) is 20.3. The third-order valence-electron chi connectivity index (χ3n) is 5.37. The number of hydrogen-bond donors (Lipinski definition) is 2. The van der Waals surface area contributed by atoms with Gasteiger partial charge in [0.1, 0.15) is 0 Å². The molecule has 1 saturated heterocycles. The third-order valence-corrected chi connectivity index (χ3v) is 7.43. The minimum Gasteiger partial charge on any atom is -0.349 e. The molecule has 2 aromatic rings. The molecule has 2 aromatic carbocycles. The van der Waals surface area contributed by atoms with Crippen molar-refractivity contribution in [1.29, 1.82) is 0 Å². The smallest absolute Gasteiger partial charge is 0.251 e. The lowest BCUT2D eigenvalue weighted by atomic mass is 9.99. The number of rotatable bonds is 7. The molecule has 0 radical (unpaired) electrons. The van der Waals surface area contributed by atoms with E-state index in [2.05, 4.69) is 5.32 Å². The molecule has 0 aliphatic carbocycles. The molecule has 1 heterocycles. The lowest BCUT2D eigenvalue weighted by Crippen LogP contribution is -2.51. The fraction of sp³-hybridized carbons (Fsp3) is 0.409. The molecule has 2 atom stereocenters. The maximum absolute atomic E-state index is 12.6. The van der Waals surface area contributed by atoms with Crippen molar-refractivity contribution in [2.75, 3.05) is 18.8 Å². The molecule has 3 N–H and O–H groups in total. The van der Waals surface area contributed by atoms with Crippen molar-refractivity contribution >= 4 is 15.9 Å². The summed E-state index contributed by atoms with van der Waals surface area (Å²) in [7, 11) is -3.29. The van der Waals surface area contributed by atoms with E-state index >= 15 is 0 Å². The molecular formula is C22H29N3O3S. The number of nitrogens with two attached hydrogens (primary N) is 1. The van der Waals surface area contributed by atoms with Crippen LogP contribution in [0.2, 0.25) is 0 Å². The van der Waals surface area contributed by atoms with Crippen LogP contribution in [-0.4, -0.2) is 49.6 Å². The van der Waals surface area contributed by atoms with Crippen LogP contribution in [0, 0.1) is 0 Å². The van der Waals surface area contributed by atoms with Crippen LogP contribution in [0.5, 0.6) is 0 Å². The highest BCUT2D eigenvalue weighted by atomic mass is 32.2. The molecule has 156 valence electrons. The van der Waals surface area contributed by atoms with E-state index in [-0.39, 0.29) is 23.7 Å². The number of nitrogens with one attached hydrogen (secondary N) is 1. The highest BCUT2D eigenvalue weighted by Gasteiger charge is 2.33. The summed E-state index contributed by atoms with van der Waals surface area (Å²) in [5, 5.41) is 3.06. The Morgan fingerprint density at radius 2 is 1.76 bits per heavy atom. The number of piperidine rings is 1. The summed E-state index contributed by atoms with van der Waals surface area (Å²) in [5.74, 6) is -0.0419. The van der Waals surface area contributed by atoms with Crippen LogP contribution < -0.4 is 11.1 Å². The van der Waals surface area contributed by atoms with Crippen LogP contribution in [0.4, 0.5) is 0 Å². The first-order chi connectivity index (χ1) is 13.9. The van der Waals surface area contributed by atoms with Gasteiger partial charge in [-0.2, -0.15) is 4.31 Å². The van der Waals surface area contributed by atoms with Crippen molar-refractivity contribution < 1.29 is 13.2 Å². The summed E-state index contributed by atoms with van der Waals surface area (Å²) in [6.07, 6.45) is 1.68. The van der Waals surface area contributed by atoms with Crippen LogP contribution in [0.1, 0.15) is 36.5 Å². The second-order valence-electron chi connectivity index (χ2n) is 7.56. The zero-order valence-electron chi connectivity index (χ0n) is 16.8. The van der Waals surface area contributed by atoms with Crippen molar-refractivity contribution in [2.45, 2.75) is 38.3 Å². The Balaban J connectivity index is 1.58. The van der Waals surface area contributed by atoms with Crippen LogP contribution in [0.3, 0.4) is 0 Å². The van der Waals surface area contributed by atoms with Gasteiger partial charge in [0.25, 0.3) is 5.91 Å². The van der Waals surface area contributed by atoms with Crippen LogP contribution >= 0.6 is 0 Å². The Morgan fingerprint density at radius 3 is 2.38 bits per heavy atom. The van der Waals surface area contributed by atoms with Crippen LogP contribution in [-0.2, 0) is 10.0 Å². The fourth-order valence-corrected chi connectivity index (χ4v) is 5.58. The van der Waals surface area contributed by atoms with E-state index in [0.29, 0.717) is 37.9 Å².